The molecule has 3 rings (SSSR count). The molecule has 106 valence electrons. The maximum absolute atomic E-state index is 11.4. The molecule has 0 N–H and O–H groups in total. The lowest BCUT2D eigenvalue weighted by Crippen LogP contribution is -1.91. The first-order valence-corrected chi connectivity index (χ1v) is 8.66. The third-order valence-corrected chi connectivity index (χ3v) is 4.64. The highest BCUT2D eigenvalue weighted by molar-refractivity contribution is 8.13. The number of benzene rings is 2. The number of hydrogen-bond donors (Lipinski definition) is 0. The van der Waals surface area contributed by atoms with Crippen LogP contribution in [-0.2, 0) is 9.05 Å². The van der Waals surface area contributed by atoms with Gasteiger partial charge in [0.2, 0.25) is 0 Å². The van der Waals surface area contributed by atoms with Crippen molar-refractivity contribution in [2.45, 2.75) is 11.8 Å². The van der Waals surface area contributed by atoms with E-state index in [1.54, 1.807) is 18.3 Å². The highest BCUT2D eigenvalue weighted by Gasteiger charge is 2.11. The first kappa shape index (κ1) is 14.0. The normalized spacial score (nSPS) is 11.7. The zero-order chi connectivity index (χ0) is 15.0. The third-order valence-electron chi connectivity index (χ3n) is 3.29. The molecule has 0 aliphatic rings. The Morgan fingerprint density at radius 1 is 1.00 bits per heavy atom. The van der Waals surface area contributed by atoms with E-state index in [2.05, 4.69) is 11.1 Å². The predicted octanol–water partition coefficient (Wildman–Crippen LogP) is 4.14. The standard InChI is InChI=1S/C16H12ClNO2S/c1-11-3-2-4-12(7-11)14-8-13-9-15(21(17,19)20)5-6-16(13)18-10-14/h2-10H,1H3. The minimum Gasteiger partial charge on any atom is -0.256 e. The van der Waals surface area contributed by atoms with Crippen molar-refractivity contribution in [1.82, 2.24) is 4.98 Å². The van der Waals surface area contributed by atoms with Gasteiger partial charge in [0.15, 0.2) is 0 Å². The van der Waals surface area contributed by atoms with Crippen molar-refractivity contribution in [2.75, 3.05) is 0 Å². The Bertz CT molecular complexity index is 936. The second-order valence-electron chi connectivity index (χ2n) is 4.89. The van der Waals surface area contributed by atoms with Gasteiger partial charge in [-0.25, -0.2) is 8.42 Å². The third kappa shape index (κ3) is 2.91. The Morgan fingerprint density at radius 3 is 2.52 bits per heavy atom. The molecule has 1 heterocycles. The molecule has 0 aliphatic heterocycles. The number of halogens is 1. The van der Waals surface area contributed by atoms with E-state index in [1.165, 1.54) is 6.07 Å². The maximum atomic E-state index is 11.4. The van der Waals surface area contributed by atoms with Gasteiger partial charge in [-0.15, -0.1) is 0 Å². The molecule has 0 atom stereocenters. The van der Waals surface area contributed by atoms with E-state index in [0.29, 0.717) is 0 Å². The van der Waals surface area contributed by atoms with E-state index in [1.807, 2.05) is 31.2 Å². The zero-order valence-corrected chi connectivity index (χ0v) is 12.8. The summed E-state index contributed by atoms with van der Waals surface area (Å²) in [6.07, 6.45) is 1.78. The highest BCUT2D eigenvalue weighted by atomic mass is 35.7. The molecule has 0 fully saturated rings. The van der Waals surface area contributed by atoms with Crippen molar-refractivity contribution < 1.29 is 8.42 Å². The summed E-state index contributed by atoms with van der Waals surface area (Å²) in [6, 6.07) is 14.6. The van der Waals surface area contributed by atoms with Crippen LogP contribution in [-0.4, -0.2) is 13.4 Å². The molecule has 0 unspecified atom stereocenters. The summed E-state index contributed by atoms with van der Waals surface area (Å²) in [5, 5.41) is 0.746. The lowest BCUT2D eigenvalue weighted by Gasteiger charge is -2.05. The summed E-state index contributed by atoms with van der Waals surface area (Å²) >= 11 is 0. The van der Waals surface area contributed by atoms with Crippen LogP contribution in [0.3, 0.4) is 0 Å². The number of hydrogen-bond acceptors (Lipinski definition) is 3. The predicted molar refractivity (Wildman–Crippen MR) is 85.0 cm³/mol. The van der Waals surface area contributed by atoms with Gasteiger partial charge in [-0.2, -0.15) is 0 Å². The maximum Gasteiger partial charge on any atom is 0.261 e. The van der Waals surface area contributed by atoms with Crippen molar-refractivity contribution in [3.63, 3.8) is 0 Å². The molecule has 5 heteroatoms. The molecular formula is C16H12ClNO2S. The number of nitrogens with zero attached hydrogens (tertiary/aromatic N) is 1. The molecule has 0 bridgehead atoms. The van der Waals surface area contributed by atoms with Gasteiger partial charge in [0, 0.05) is 27.8 Å². The molecule has 1 aromatic heterocycles. The number of rotatable bonds is 2. The SMILES string of the molecule is Cc1cccc(-c2cnc3ccc(S(=O)(=O)Cl)cc3c2)c1. The fraction of sp³-hybridized carbons (Fsp3) is 0.0625. The Hall–Kier alpha value is -1.91. The van der Waals surface area contributed by atoms with Gasteiger partial charge in [-0.05, 0) is 36.8 Å². The van der Waals surface area contributed by atoms with Crippen LogP contribution in [0.5, 0.6) is 0 Å². The molecule has 0 saturated heterocycles. The molecule has 2 aromatic carbocycles. The van der Waals surface area contributed by atoms with E-state index >= 15 is 0 Å². The van der Waals surface area contributed by atoms with Crippen molar-refractivity contribution in [3.8, 4) is 11.1 Å². The fourth-order valence-corrected chi connectivity index (χ4v) is 3.03. The van der Waals surface area contributed by atoms with Crippen molar-refractivity contribution >= 4 is 30.6 Å². The Morgan fingerprint density at radius 2 is 1.81 bits per heavy atom. The van der Waals surface area contributed by atoms with Crippen molar-refractivity contribution in [2.24, 2.45) is 0 Å². The molecule has 0 saturated carbocycles. The van der Waals surface area contributed by atoms with Gasteiger partial charge in [-0.1, -0.05) is 29.8 Å². The van der Waals surface area contributed by atoms with Crippen LogP contribution in [0.2, 0.25) is 0 Å². The van der Waals surface area contributed by atoms with Crippen LogP contribution < -0.4 is 0 Å². The fourth-order valence-electron chi connectivity index (χ4n) is 2.24. The van der Waals surface area contributed by atoms with Crippen LogP contribution in [0, 0.1) is 6.92 Å². The largest absolute Gasteiger partial charge is 0.261 e. The van der Waals surface area contributed by atoms with Crippen molar-refractivity contribution in [1.29, 1.82) is 0 Å². The second-order valence-corrected chi connectivity index (χ2v) is 7.45. The minimum absolute atomic E-state index is 0.0832. The molecule has 0 radical (unpaired) electrons. The zero-order valence-electron chi connectivity index (χ0n) is 11.2. The monoisotopic (exact) mass is 317 g/mol. The lowest BCUT2D eigenvalue weighted by molar-refractivity contribution is 0.609. The summed E-state index contributed by atoms with van der Waals surface area (Å²) in [5.41, 5.74) is 3.87. The topological polar surface area (TPSA) is 47.0 Å². The smallest absolute Gasteiger partial charge is 0.256 e. The first-order valence-electron chi connectivity index (χ1n) is 6.35. The average Bonchev–Trinajstić information content (AvgIpc) is 2.45. The highest BCUT2D eigenvalue weighted by Crippen LogP contribution is 2.26. The summed E-state index contributed by atoms with van der Waals surface area (Å²) < 4.78 is 22.8. The molecular weight excluding hydrogens is 306 g/mol. The van der Waals surface area contributed by atoms with Gasteiger partial charge in [0.1, 0.15) is 0 Å². The van der Waals surface area contributed by atoms with Gasteiger partial charge >= 0.3 is 0 Å². The van der Waals surface area contributed by atoms with Crippen LogP contribution >= 0.6 is 10.7 Å². The Kier molecular flexibility index (Phi) is 3.43. The molecule has 0 aliphatic carbocycles. The van der Waals surface area contributed by atoms with E-state index < -0.39 is 9.05 Å². The molecule has 0 amide bonds. The number of pyridine rings is 1. The first-order chi connectivity index (χ1) is 9.93. The van der Waals surface area contributed by atoms with Gasteiger partial charge in [0.05, 0.1) is 10.4 Å². The van der Waals surface area contributed by atoms with Gasteiger partial charge < -0.3 is 0 Å². The second kappa shape index (κ2) is 5.13. The Balaban J connectivity index is 2.19. The average molecular weight is 318 g/mol. The number of aromatic nitrogens is 1. The van der Waals surface area contributed by atoms with Crippen molar-refractivity contribution in [3.05, 3.63) is 60.3 Å². The summed E-state index contributed by atoms with van der Waals surface area (Å²) in [6.45, 7) is 2.02. The Labute approximate surface area is 127 Å². The van der Waals surface area contributed by atoms with Crippen LogP contribution in [0.25, 0.3) is 22.0 Å². The molecule has 0 spiro atoms. The molecule has 3 nitrogen and oxygen atoms in total. The quantitative estimate of drug-likeness (QED) is 0.667. The van der Waals surface area contributed by atoms with E-state index in [9.17, 15) is 8.42 Å². The van der Waals surface area contributed by atoms with Crippen LogP contribution in [0.4, 0.5) is 0 Å². The van der Waals surface area contributed by atoms with E-state index in [0.717, 1.165) is 27.6 Å². The summed E-state index contributed by atoms with van der Waals surface area (Å²) in [7, 11) is 1.65. The summed E-state index contributed by atoms with van der Waals surface area (Å²) in [5.74, 6) is 0. The van der Waals surface area contributed by atoms with E-state index in [4.69, 9.17) is 10.7 Å². The number of aryl methyl sites for hydroxylation is 1. The molecule has 3 aromatic rings. The summed E-state index contributed by atoms with van der Waals surface area (Å²) in [4.78, 5) is 4.46. The lowest BCUT2D eigenvalue weighted by atomic mass is 10.0. The number of fused-ring (bicyclic) bond motifs is 1. The minimum atomic E-state index is -3.73. The molecule has 21 heavy (non-hydrogen) atoms. The van der Waals surface area contributed by atoms with Crippen LogP contribution in [0.1, 0.15) is 5.56 Å². The van der Waals surface area contributed by atoms with Gasteiger partial charge in [-0.3, -0.25) is 4.98 Å². The van der Waals surface area contributed by atoms with Gasteiger partial charge in [0.25, 0.3) is 9.05 Å². The van der Waals surface area contributed by atoms with Crippen LogP contribution in [0.15, 0.2) is 59.6 Å². The van der Waals surface area contributed by atoms with E-state index in [-0.39, 0.29) is 4.90 Å².